The standard InChI is InChI=1S/C16H21N3OS/c1-3-19(4-2)16(20)17-11-10-14-12-21-15(18-14)13-8-6-5-7-9-13/h5-9,12H,3-4,10-11H2,1-2H3,(H,17,20). The Kier molecular flexibility index (Phi) is 5.75. The van der Waals surface area contributed by atoms with Crippen LogP contribution in [0.15, 0.2) is 35.7 Å². The molecule has 2 aromatic rings. The molecule has 0 bridgehead atoms. The highest BCUT2D eigenvalue weighted by Gasteiger charge is 2.09. The molecule has 0 aliphatic heterocycles. The first kappa shape index (κ1) is 15.5. The van der Waals surface area contributed by atoms with Crippen molar-refractivity contribution in [3.63, 3.8) is 0 Å². The van der Waals surface area contributed by atoms with Crippen LogP contribution in [-0.4, -0.2) is 35.5 Å². The molecule has 5 heteroatoms. The van der Waals surface area contributed by atoms with Crippen LogP contribution in [0.5, 0.6) is 0 Å². The van der Waals surface area contributed by atoms with Crippen molar-refractivity contribution < 1.29 is 4.79 Å². The van der Waals surface area contributed by atoms with E-state index in [1.807, 2.05) is 32.0 Å². The van der Waals surface area contributed by atoms with E-state index in [1.165, 1.54) is 0 Å². The summed E-state index contributed by atoms with van der Waals surface area (Å²) in [6.07, 6.45) is 0.760. The van der Waals surface area contributed by atoms with Gasteiger partial charge in [-0.2, -0.15) is 0 Å². The molecule has 0 radical (unpaired) electrons. The summed E-state index contributed by atoms with van der Waals surface area (Å²) in [5.41, 5.74) is 2.17. The van der Waals surface area contributed by atoms with Crippen LogP contribution < -0.4 is 5.32 Å². The van der Waals surface area contributed by atoms with E-state index in [-0.39, 0.29) is 6.03 Å². The van der Waals surface area contributed by atoms with Crippen LogP contribution in [0, 0.1) is 0 Å². The summed E-state index contributed by atoms with van der Waals surface area (Å²) in [6.45, 7) is 6.05. The summed E-state index contributed by atoms with van der Waals surface area (Å²) in [6, 6.07) is 10.1. The normalized spacial score (nSPS) is 10.4. The second kappa shape index (κ2) is 7.78. The molecule has 4 nitrogen and oxygen atoms in total. The summed E-state index contributed by atoms with van der Waals surface area (Å²) in [5, 5.41) is 6.02. The quantitative estimate of drug-likeness (QED) is 0.889. The second-order valence-corrected chi connectivity index (χ2v) is 5.52. The first-order valence-corrected chi connectivity index (χ1v) is 8.15. The summed E-state index contributed by atoms with van der Waals surface area (Å²) in [5.74, 6) is 0. The van der Waals surface area contributed by atoms with E-state index in [1.54, 1.807) is 16.2 Å². The van der Waals surface area contributed by atoms with Gasteiger partial charge < -0.3 is 10.2 Å². The van der Waals surface area contributed by atoms with Gasteiger partial charge in [-0.15, -0.1) is 11.3 Å². The highest BCUT2D eigenvalue weighted by Crippen LogP contribution is 2.23. The lowest BCUT2D eigenvalue weighted by atomic mass is 10.2. The SMILES string of the molecule is CCN(CC)C(=O)NCCc1csc(-c2ccccc2)n1. The smallest absolute Gasteiger partial charge is 0.317 e. The number of rotatable bonds is 6. The van der Waals surface area contributed by atoms with Gasteiger partial charge in [-0.1, -0.05) is 30.3 Å². The minimum absolute atomic E-state index is 0.00138. The summed E-state index contributed by atoms with van der Waals surface area (Å²) in [7, 11) is 0. The van der Waals surface area contributed by atoms with E-state index in [9.17, 15) is 4.79 Å². The van der Waals surface area contributed by atoms with Gasteiger partial charge in [0.2, 0.25) is 0 Å². The molecule has 0 spiro atoms. The van der Waals surface area contributed by atoms with Crippen molar-refractivity contribution >= 4 is 17.4 Å². The van der Waals surface area contributed by atoms with E-state index >= 15 is 0 Å². The Morgan fingerprint density at radius 3 is 2.62 bits per heavy atom. The predicted molar refractivity (Wildman–Crippen MR) is 87.6 cm³/mol. The number of nitrogens with zero attached hydrogens (tertiary/aromatic N) is 2. The van der Waals surface area contributed by atoms with Crippen LogP contribution in [0.4, 0.5) is 4.79 Å². The molecule has 21 heavy (non-hydrogen) atoms. The van der Waals surface area contributed by atoms with Crippen LogP contribution in [-0.2, 0) is 6.42 Å². The number of hydrogen-bond acceptors (Lipinski definition) is 3. The summed E-state index contributed by atoms with van der Waals surface area (Å²) in [4.78, 5) is 18.2. The lowest BCUT2D eigenvalue weighted by molar-refractivity contribution is 0.203. The molecule has 0 saturated carbocycles. The number of thiazole rings is 1. The van der Waals surface area contributed by atoms with Crippen LogP contribution in [0.25, 0.3) is 10.6 Å². The minimum atomic E-state index is -0.00138. The second-order valence-electron chi connectivity index (χ2n) is 4.66. The van der Waals surface area contributed by atoms with Gasteiger partial charge in [0.25, 0.3) is 0 Å². The molecule has 1 aromatic carbocycles. The molecule has 2 rings (SSSR count). The average molecular weight is 303 g/mol. The molecular formula is C16H21N3OS. The first-order chi connectivity index (χ1) is 10.2. The molecule has 0 aliphatic rings. The Labute approximate surface area is 129 Å². The van der Waals surface area contributed by atoms with E-state index in [0.717, 1.165) is 35.8 Å². The third-order valence-corrected chi connectivity index (χ3v) is 4.22. The van der Waals surface area contributed by atoms with Gasteiger partial charge in [0.05, 0.1) is 5.69 Å². The summed E-state index contributed by atoms with van der Waals surface area (Å²) < 4.78 is 0. The van der Waals surface area contributed by atoms with E-state index in [0.29, 0.717) is 6.54 Å². The van der Waals surface area contributed by atoms with E-state index in [4.69, 9.17) is 0 Å². The number of aromatic nitrogens is 1. The van der Waals surface area contributed by atoms with Gasteiger partial charge in [-0.25, -0.2) is 9.78 Å². The van der Waals surface area contributed by atoms with Crippen molar-refractivity contribution in [3.8, 4) is 10.6 Å². The molecule has 0 unspecified atom stereocenters. The fourth-order valence-electron chi connectivity index (χ4n) is 2.06. The lowest BCUT2D eigenvalue weighted by Crippen LogP contribution is -2.40. The molecule has 0 saturated heterocycles. The number of carbonyl (C=O) groups excluding carboxylic acids is 1. The maximum absolute atomic E-state index is 11.8. The minimum Gasteiger partial charge on any atom is -0.338 e. The molecule has 0 aliphatic carbocycles. The van der Waals surface area contributed by atoms with Gasteiger partial charge >= 0.3 is 6.03 Å². The zero-order chi connectivity index (χ0) is 15.1. The van der Waals surface area contributed by atoms with Gasteiger partial charge in [0.15, 0.2) is 0 Å². The van der Waals surface area contributed by atoms with Gasteiger partial charge in [-0.05, 0) is 13.8 Å². The van der Waals surface area contributed by atoms with Crippen molar-refractivity contribution in [3.05, 3.63) is 41.4 Å². The van der Waals surface area contributed by atoms with Crippen LogP contribution in [0.3, 0.4) is 0 Å². The lowest BCUT2D eigenvalue weighted by Gasteiger charge is -2.18. The van der Waals surface area contributed by atoms with Crippen LogP contribution >= 0.6 is 11.3 Å². The van der Waals surface area contributed by atoms with Crippen LogP contribution in [0.1, 0.15) is 19.5 Å². The maximum atomic E-state index is 11.8. The van der Waals surface area contributed by atoms with Crippen molar-refractivity contribution in [2.75, 3.05) is 19.6 Å². The van der Waals surface area contributed by atoms with Gasteiger partial charge in [-0.3, -0.25) is 0 Å². The van der Waals surface area contributed by atoms with E-state index in [2.05, 4.69) is 27.8 Å². The number of urea groups is 1. The van der Waals surface area contributed by atoms with Gasteiger partial charge in [0.1, 0.15) is 5.01 Å². The first-order valence-electron chi connectivity index (χ1n) is 7.27. The van der Waals surface area contributed by atoms with Crippen molar-refractivity contribution in [1.29, 1.82) is 0 Å². The maximum Gasteiger partial charge on any atom is 0.317 e. The van der Waals surface area contributed by atoms with Crippen molar-refractivity contribution in [1.82, 2.24) is 15.2 Å². The Morgan fingerprint density at radius 1 is 1.24 bits per heavy atom. The third-order valence-electron chi connectivity index (χ3n) is 3.28. The Hall–Kier alpha value is -1.88. The molecule has 1 aromatic heterocycles. The molecule has 0 atom stereocenters. The highest BCUT2D eigenvalue weighted by atomic mass is 32.1. The van der Waals surface area contributed by atoms with Crippen molar-refractivity contribution in [2.24, 2.45) is 0 Å². The topological polar surface area (TPSA) is 45.2 Å². The Morgan fingerprint density at radius 2 is 1.95 bits per heavy atom. The fourth-order valence-corrected chi connectivity index (χ4v) is 2.92. The molecule has 1 N–H and O–H groups in total. The van der Waals surface area contributed by atoms with Crippen LogP contribution in [0.2, 0.25) is 0 Å². The summed E-state index contributed by atoms with van der Waals surface area (Å²) >= 11 is 1.64. The zero-order valence-corrected chi connectivity index (χ0v) is 13.3. The molecular weight excluding hydrogens is 282 g/mol. The van der Waals surface area contributed by atoms with E-state index < -0.39 is 0 Å². The van der Waals surface area contributed by atoms with Gasteiger partial charge in [0, 0.05) is 37.0 Å². The van der Waals surface area contributed by atoms with Crippen molar-refractivity contribution in [2.45, 2.75) is 20.3 Å². The molecule has 0 fully saturated rings. The number of amides is 2. The third kappa shape index (κ3) is 4.29. The molecule has 1 heterocycles. The average Bonchev–Trinajstić information content (AvgIpc) is 2.98. The predicted octanol–water partition coefficient (Wildman–Crippen LogP) is 3.40. The Balaban J connectivity index is 1.85. The number of nitrogens with one attached hydrogen (secondary N) is 1. The zero-order valence-electron chi connectivity index (χ0n) is 12.5. The monoisotopic (exact) mass is 303 g/mol. The number of carbonyl (C=O) groups is 1. The highest BCUT2D eigenvalue weighted by molar-refractivity contribution is 7.13. The largest absolute Gasteiger partial charge is 0.338 e. The number of benzene rings is 1. The number of hydrogen-bond donors (Lipinski definition) is 1. The Bertz CT molecular complexity index is 564. The molecule has 112 valence electrons. The molecule has 2 amide bonds. The fraction of sp³-hybridized carbons (Fsp3) is 0.375.